The molecule has 0 aromatic heterocycles. The molecule has 0 fully saturated rings. The van der Waals surface area contributed by atoms with Crippen LogP contribution < -0.4 is 10.6 Å². The molecule has 2 rings (SSSR count). The summed E-state index contributed by atoms with van der Waals surface area (Å²) in [6, 6.07) is 13.6. The second-order valence-electron chi connectivity index (χ2n) is 25.0. The van der Waals surface area contributed by atoms with E-state index in [1.54, 1.807) is 48.5 Å². The predicted octanol–water partition coefficient (Wildman–Crippen LogP) is 22.1. The number of hydrogen-bond donors (Lipinski definition) is 4. The number of esters is 2. The molecule has 14 nitrogen and oxygen atoms in total. The van der Waals surface area contributed by atoms with Gasteiger partial charge in [0.05, 0.1) is 24.3 Å². The van der Waals surface area contributed by atoms with Crippen LogP contribution in [0.3, 0.4) is 0 Å². The third kappa shape index (κ3) is 36.3. The minimum atomic E-state index is -0.494. The maximum Gasteiger partial charge on any atom is 0.340 e. The third-order valence-electron chi connectivity index (χ3n) is 17.5. The van der Waals surface area contributed by atoms with E-state index in [4.69, 9.17) is 9.47 Å². The van der Waals surface area contributed by atoms with Crippen molar-refractivity contribution in [1.82, 2.24) is 10.6 Å². The van der Waals surface area contributed by atoms with Gasteiger partial charge in [0.25, 0.3) is 11.8 Å². The van der Waals surface area contributed by atoms with E-state index in [-0.39, 0.29) is 45.4 Å². The number of aliphatic hydroxyl groups excluding tert-OH is 2. The molecular weight excluding hydrogens is 1100 g/mol. The van der Waals surface area contributed by atoms with Crippen molar-refractivity contribution in [3.8, 4) is 0 Å². The quantitative estimate of drug-likeness (QED) is 0.0165. The summed E-state index contributed by atoms with van der Waals surface area (Å²) < 4.78 is 11.4. The van der Waals surface area contributed by atoms with Gasteiger partial charge in [0.15, 0.2) is 11.4 Å². The van der Waals surface area contributed by atoms with Crippen molar-refractivity contribution < 1.29 is 38.9 Å². The van der Waals surface area contributed by atoms with Crippen molar-refractivity contribution in [2.24, 2.45) is 44.1 Å². The number of azo groups is 2. The Bertz CT molecular complexity index is 2130. The Morgan fingerprint density at radius 1 is 0.398 bits per heavy atom. The number of unbranched alkanes of at least 4 members (excludes halogenated alkanes) is 24. The number of nitrogens with zero attached hydrogens (tertiary/aromatic N) is 4. The fraction of sp³-hybridized carbons (Fsp3) is 0.730. The normalized spacial score (nSPS) is 13.7. The number of hydrogen-bond acceptors (Lipinski definition) is 12. The zero-order valence-electron chi connectivity index (χ0n) is 56.8. The molecule has 0 spiro atoms. The van der Waals surface area contributed by atoms with Gasteiger partial charge in [-0.2, -0.15) is 0 Å². The van der Waals surface area contributed by atoms with Gasteiger partial charge >= 0.3 is 11.9 Å². The van der Waals surface area contributed by atoms with Crippen LogP contribution in [0.1, 0.15) is 320 Å². The number of nitrogens with one attached hydrogen (secondary N) is 2. The van der Waals surface area contributed by atoms with Crippen LogP contribution in [-0.4, -0.2) is 60.3 Å². The molecule has 2 amide bonds. The lowest BCUT2D eigenvalue weighted by atomic mass is 9.78. The Labute approximate surface area is 534 Å². The monoisotopic (exact) mass is 1220 g/mol. The maximum atomic E-state index is 13.3. The summed E-state index contributed by atoms with van der Waals surface area (Å²) in [5.41, 5.74) is 0.740. The number of amides is 2. The molecule has 0 aliphatic heterocycles. The van der Waals surface area contributed by atoms with Gasteiger partial charge in [0.1, 0.15) is 22.9 Å². The molecule has 0 radical (unpaired) electrons. The second-order valence-corrected chi connectivity index (χ2v) is 25.0. The highest BCUT2D eigenvalue weighted by Gasteiger charge is 2.23. The topological polar surface area (TPSA) is 201 Å². The first-order chi connectivity index (χ1) is 42.8. The fourth-order valence-corrected chi connectivity index (χ4v) is 11.6. The zero-order chi connectivity index (χ0) is 64.2. The average molecular weight is 1230 g/mol. The van der Waals surface area contributed by atoms with Gasteiger partial charge in [-0.25, -0.2) is 9.59 Å². The van der Waals surface area contributed by atoms with E-state index in [0.29, 0.717) is 38.1 Å². The molecule has 2 aromatic carbocycles. The summed E-state index contributed by atoms with van der Waals surface area (Å²) >= 11 is 0. The first-order valence-corrected chi connectivity index (χ1v) is 35.6. The minimum Gasteiger partial charge on any atom is -0.510 e. The molecular formula is C74H124N6O8. The molecule has 14 heteroatoms. The van der Waals surface area contributed by atoms with Crippen molar-refractivity contribution >= 4 is 35.1 Å². The van der Waals surface area contributed by atoms with Crippen LogP contribution in [0.4, 0.5) is 11.4 Å². The highest BCUT2D eigenvalue weighted by atomic mass is 16.5. The van der Waals surface area contributed by atoms with Crippen molar-refractivity contribution in [3.63, 3.8) is 0 Å². The van der Waals surface area contributed by atoms with Gasteiger partial charge in [0, 0.05) is 13.1 Å². The Morgan fingerprint density at radius 3 is 1.00 bits per heavy atom. The Kier molecular flexibility index (Phi) is 46.8. The van der Waals surface area contributed by atoms with Crippen LogP contribution in [0.15, 0.2) is 91.9 Å². The van der Waals surface area contributed by atoms with Crippen molar-refractivity contribution in [2.75, 3.05) is 26.3 Å². The average Bonchev–Trinajstić information content (AvgIpc) is 3.73. The summed E-state index contributed by atoms with van der Waals surface area (Å²) in [5, 5.41) is 43.1. The largest absolute Gasteiger partial charge is 0.510 e. The number of allylic oxidation sites excluding steroid dienone is 2. The van der Waals surface area contributed by atoms with E-state index < -0.39 is 23.8 Å². The second kappa shape index (κ2) is 52.4. The summed E-state index contributed by atoms with van der Waals surface area (Å²) in [4.78, 5) is 52.6. The molecule has 0 aliphatic carbocycles. The predicted molar refractivity (Wildman–Crippen MR) is 363 cm³/mol. The standard InChI is InChI=1S/C74H124N6O8/c1-9-15-19-21-23-29-35-47-63(49-37-31-25-27-33-43-55-87-73(85)65-51-39-41-53-67(65)77-79-69(59(7)81)71(83)75-57-61(13-5)45-17-11-3)64(48-36-30-24-22-20-16-10-2)50-38-32-26-28-34-44-56-88-74(86)66-52-40-42-54-68(66)78-80-70(60(8)82)72(84)76-58-62(14-6)46-18-12-4/h39-42,51-54,61-64,81-82H,9-38,43-50,55-58H2,1-8H3,(H,75,83)(H,76,84)/b69-59+,70-60+,79-77?,80-78?. The summed E-state index contributed by atoms with van der Waals surface area (Å²) in [7, 11) is 0. The number of benzene rings is 2. The number of ether oxygens (including phenoxy) is 2. The number of rotatable bonds is 55. The van der Waals surface area contributed by atoms with E-state index in [1.165, 1.54) is 168 Å². The molecule has 4 unspecified atom stereocenters. The van der Waals surface area contributed by atoms with E-state index in [2.05, 4.69) is 72.6 Å². The van der Waals surface area contributed by atoms with Crippen molar-refractivity contribution in [2.45, 2.75) is 299 Å². The van der Waals surface area contributed by atoms with Crippen molar-refractivity contribution in [3.05, 3.63) is 82.6 Å². The molecule has 2 aromatic rings. The first-order valence-electron chi connectivity index (χ1n) is 35.6. The van der Waals surface area contributed by atoms with E-state index in [9.17, 15) is 29.4 Å². The lowest BCUT2D eigenvalue weighted by molar-refractivity contribution is -0.118. The fourth-order valence-electron chi connectivity index (χ4n) is 11.6. The molecule has 0 heterocycles. The van der Waals surface area contributed by atoms with Crippen LogP contribution in [0.2, 0.25) is 0 Å². The number of carbonyl (C=O) groups is 4. The molecule has 498 valence electrons. The smallest absolute Gasteiger partial charge is 0.340 e. The van der Waals surface area contributed by atoms with E-state index in [1.807, 2.05) is 0 Å². The molecule has 4 atom stereocenters. The van der Waals surface area contributed by atoms with E-state index >= 15 is 0 Å². The summed E-state index contributed by atoms with van der Waals surface area (Å²) in [5.74, 6) is -0.187. The number of carbonyl (C=O) groups excluding carboxylic acids is 4. The van der Waals surface area contributed by atoms with Gasteiger partial charge in [-0.05, 0) is 87.5 Å². The molecule has 0 saturated heterocycles. The molecule has 4 N–H and O–H groups in total. The summed E-state index contributed by atoms with van der Waals surface area (Å²) in [6.07, 6.45) is 45.5. The SMILES string of the molecule is CCCCCCCCCC(CCCCCCCCOC(=O)c1ccccc1N=N/C(C(=O)NCC(CC)CCCC)=C(\C)O)C(CCCCCCCCC)CCCCCCCCOC(=O)c1ccccc1N=N/C(C(=O)NCC(CC)CCCC)=C(\C)O. The molecule has 0 bridgehead atoms. The van der Waals surface area contributed by atoms with Gasteiger partial charge < -0.3 is 30.3 Å². The van der Waals surface area contributed by atoms with Crippen LogP contribution in [0.5, 0.6) is 0 Å². The molecule has 88 heavy (non-hydrogen) atoms. The van der Waals surface area contributed by atoms with Crippen LogP contribution in [-0.2, 0) is 19.1 Å². The van der Waals surface area contributed by atoms with Crippen molar-refractivity contribution in [1.29, 1.82) is 0 Å². The van der Waals surface area contributed by atoms with Gasteiger partial charge in [0.2, 0.25) is 0 Å². The molecule has 0 saturated carbocycles. The Morgan fingerprint density at radius 2 is 0.693 bits per heavy atom. The van der Waals surface area contributed by atoms with Gasteiger partial charge in [-0.1, -0.05) is 284 Å². The third-order valence-corrected chi connectivity index (χ3v) is 17.5. The van der Waals surface area contributed by atoms with E-state index in [0.717, 1.165) is 102 Å². The first kappa shape index (κ1) is 78.7. The Hall–Kier alpha value is -5.40. The lowest BCUT2D eigenvalue weighted by Crippen LogP contribution is -2.30. The van der Waals surface area contributed by atoms with Crippen LogP contribution >= 0.6 is 0 Å². The highest BCUT2D eigenvalue weighted by Crippen LogP contribution is 2.34. The van der Waals surface area contributed by atoms with Gasteiger partial charge in [-0.15, -0.1) is 20.5 Å². The van der Waals surface area contributed by atoms with Crippen LogP contribution in [0, 0.1) is 23.7 Å². The highest BCUT2D eigenvalue weighted by molar-refractivity contribution is 5.96. The van der Waals surface area contributed by atoms with Crippen LogP contribution in [0.25, 0.3) is 0 Å². The Balaban J connectivity index is 1.93. The minimum absolute atomic E-state index is 0.176. The van der Waals surface area contributed by atoms with Gasteiger partial charge in [-0.3, -0.25) is 9.59 Å². The molecule has 0 aliphatic rings. The lowest BCUT2D eigenvalue weighted by Gasteiger charge is -2.28. The maximum absolute atomic E-state index is 13.3. The summed E-state index contributed by atoms with van der Waals surface area (Å²) in [6.45, 7) is 17.6. The zero-order valence-corrected chi connectivity index (χ0v) is 56.8. The number of aliphatic hydroxyl groups is 2.